The highest BCUT2D eigenvalue weighted by molar-refractivity contribution is 5.70. The van der Waals surface area contributed by atoms with Gasteiger partial charge >= 0.3 is 11.9 Å². The molecule has 0 radical (unpaired) electrons. The van der Waals surface area contributed by atoms with E-state index in [4.69, 9.17) is 18.9 Å². The molecular weight excluding hydrogens is 805 g/mol. The lowest BCUT2D eigenvalue weighted by molar-refractivity contribution is -0.152. The second kappa shape index (κ2) is 44.1. The summed E-state index contributed by atoms with van der Waals surface area (Å²) >= 11 is 0. The third-order valence-corrected chi connectivity index (χ3v) is 13.6. The van der Waals surface area contributed by atoms with Gasteiger partial charge in [0.1, 0.15) is 12.7 Å². The van der Waals surface area contributed by atoms with E-state index in [2.05, 4.69) is 81.5 Å². The van der Waals surface area contributed by atoms with E-state index in [0.717, 1.165) is 96.0 Å². The maximum absolute atomic E-state index is 13.4. The van der Waals surface area contributed by atoms with Crippen molar-refractivity contribution in [3.63, 3.8) is 0 Å². The van der Waals surface area contributed by atoms with E-state index in [1.807, 2.05) is 0 Å². The lowest BCUT2D eigenvalue weighted by Crippen LogP contribution is -2.28. The Bertz CT molecular complexity index is 1240. The second-order valence-electron chi connectivity index (χ2n) is 19.4. The molecule has 65 heavy (non-hydrogen) atoms. The van der Waals surface area contributed by atoms with Gasteiger partial charge in [0, 0.05) is 45.0 Å². The van der Waals surface area contributed by atoms with Crippen LogP contribution in [-0.4, -0.2) is 50.6 Å². The van der Waals surface area contributed by atoms with Gasteiger partial charge < -0.3 is 18.9 Å². The normalized spacial score (nSPS) is 18.8. The molecule has 2 fully saturated rings. The second-order valence-corrected chi connectivity index (χ2v) is 19.4. The predicted molar refractivity (Wildman–Crippen MR) is 276 cm³/mol. The van der Waals surface area contributed by atoms with Gasteiger partial charge in [0.15, 0.2) is 0 Å². The third-order valence-electron chi connectivity index (χ3n) is 13.6. The van der Waals surface area contributed by atoms with Crippen molar-refractivity contribution in [2.45, 2.75) is 258 Å². The van der Waals surface area contributed by atoms with Gasteiger partial charge in [-0.3, -0.25) is 9.59 Å². The molecule has 0 aromatic heterocycles. The molecule has 0 bridgehead atoms. The Morgan fingerprint density at radius 3 is 1.77 bits per heavy atom. The van der Waals surface area contributed by atoms with Crippen LogP contribution in [0.5, 0.6) is 0 Å². The number of unbranched alkanes of at least 4 members (excludes halogenated alkanes) is 16. The predicted octanol–water partition coefficient (Wildman–Crippen LogP) is 17.2. The summed E-state index contributed by atoms with van der Waals surface area (Å²) in [5.41, 5.74) is 0. The minimum atomic E-state index is -0.166. The van der Waals surface area contributed by atoms with Crippen LogP contribution >= 0.6 is 0 Å². The summed E-state index contributed by atoms with van der Waals surface area (Å²) in [6, 6.07) is 0. The van der Waals surface area contributed by atoms with E-state index in [9.17, 15) is 9.59 Å². The van der Waals surface area contributed by atoms with Crippen LogP contribution in [0.4, 0.5) is 0 Å². The summed E-state index contributed by atoms with van der Waals surface area (Å²) in [5, 5.41) is 0. The molecule has 2 rings (SSSR count). The van der Waals surface area contributed by atoms with E-state index < -0.39 is 0 Å². The molecule has 374 valence electrons. The van der Waals surface area contributed by atoms with Crippen LogP contribution in [0.25, 0.3) is 0 Å². The quantitative estimate of drug-likeness (QED) is 0.0345. The fourth-order valence-electron chi connectivity index (χ4n) is 9.49. The molecular formula is C59H102O6. The third kappa shape index (κ3) is 34.5. The van der Waals surface area contributed by atoms with Gasteiger partial charge in [0.25, 0.3) is 0 Å². The lowest BCUT2D eigenvalue weighted by Gasteiger charge is -2.24. The van der Waals surface area contributed by atoms with Gasteiger partial charge in [0.05, 0.1) is 6.10 Å². The summed E-state index contributed by atoms with van der Waals surface area (Å²) in [5.74, 6) is 0.862. The van der Waals surface area contributed by atoms with E-state index in [-0.39, 0.29) is 42.6 Å². The average Bonchev–Trinajstić information content (AvgIpc) is 3.97. The summed E-state index contributed by atoms with van der Waals surface area (Å²) in [4.78, 5) is 26.3. The van der Waals surface area contributed by atoms with E-state index in [1.165, 1.54) is 128 Å². The molecule has 0 saturated heterocycles. The van der Waals surface area contributed by atoms with Crippen LogP contribution in [0, 0.1) is 17.8 Å². The Hall–Kier alpha value is -2.44. The molecule has 0 aromatic rings. The van der Waals surface area contributed by atoms with Crippen molar-refractivity contribution in [1.82, 2.24) is 0 Å². The van der Waals surface area contributed by atoms with Crippen molar-refractivity contribution >= 4 is 11.9 Å². The Morgan fingerprint density at radius 2 is 1.14 bits per heavy atom. The monoisotopic (exact) mass is 907 g/mol. The zero-order valence-corrected chi connectivity index (χ0v) is 42.7. The van der Waals surface area contributed by atoms with Crippen molar-refractivity contribution in [1.29, 1.82) is 0 Å². The van der Waals surface area contributed by atoms with Crippen LogP contribution in [-0.2, 0) is 28.5 Å². The molecule has 2 saturated carbocycles. The molecule has 4 atom stereocenters. The molecule has 0 aromatic carbocycles. The van der Waals surface area contributed by atoms with Crippen molar-refractivity contribution in [2.75, 3.05) is 26.4 Å². The van der Waals surface area contributed by atoms with Crippen LogP contribution < -0.4 is 0 Å². The number of ether oxygens (including phenoxy) is 4. The first kappa shape index (κ1) is 58.7. The maximum Gasteiger partial charge on any atom is 0.306 e. The first-order chi connectivity index (χ1) is 32.1. The number of allylic oxidation sites excluding steroid dienone is 10. The highest BCUT2D eigenvalue weighted by Gasteiger charge is 2.39. The number of hydrogen-bond donors (Lipinski definition) is 0. The molecule has 4 unspecified atom stereocenters. The van der Waals surface area contributed by atoms with Crippen LogP contribution in [0.15, 0.2) is 60.8 Å². The lowest BCUT2D eigenvalue weighted by atomic mass is 9.88. The number of rotatable bonds is 44. The zero-order chi connectivity index (χ0) is 46.5. The summed E-state index contributed by atoms with van der Waals surface area (Å²) in [7, 11) is 0. The fraction of sp³-hybridized carbons (Fsp3) is 0.797. The summed E-state index contributed by atoms with van der Waals surface area (Å²) < 4.78 is 24.5. The van der Waals surface area contributed by atoms with Gasteiger partial charge in [0.2, 0.25) is 0 Å². The molecule has 0 heterocycles. The van der Waals surface area contributed by atoms with Gasteiger partial charge in [-0.15, -0.1) is 0 Å². The van der Waals surface area contributed by atoms with E-state index >= 15 is 0 Å². The Labute approximate surface area is 401 Å². The minimum Gasteiger partial charge on any atom is -0.463 e. The SMILES string of the molecule is CC/C=C\CC1C(CC(=O)OCC(CCOCCCCCCCC/C=C\C/C=C\CCCC)OCCCCCCC/C=C\C/C=C\CCCCC)CCC1OC(=O)CCCC1CCCC1. The highest BCUT2D eigenvalue weighted by Crippen LogP contribution is 2.39. The molecule has 0 aliphatic heterocycles. The topological polar surface area (TPSA) is 71.1 Å². The Morgan fingerprint density at radius 1 is 0.554 bits per heavy atom. The van der Waals surface area contributed by atoms with Gasteiger partial charge in [-0.05, 0) is 121 Å². The van der Waals surface area contributed by atoms with E-state index in [0.29, 0.717) is 26.1 Å². The molecule has 0 spiro atoms. The van der Waals surface area contributed by atoms with Crippen molar-refractivity contribution in [3.05, 3.63) is 60.8 Å². The Balaban J connectivity index is 1.72. The van der Waals surface area contributed by atoms with Gasteiger partial charge in [-0.25, -0.2) is 0 Å². The smallest absolute Gasteiger partial charge is 0.306 e. The minimum absolute atomic E-state index is 0.0669. The number of carbonyl (C=O) groups excluding carboxylic acids is 2. The summed E-state index contributed by atoms with van der Waals surface area (Å²) in [6.07, 6.45) is 61.8. The van der Waals surface area contributed by atoms with Crippen LogP contribution in [0.3, 0.4) is 0 Å². The fourth-order valence-corrected chi connectivity index (χ4v) is 9.49. The Kier molecular flexibility index (Phi) is 39.8. The van der Waals surface area contributed by atoms with Crippen molar-refractivity contribution in [3.8, 4) is 0 Å². The van der Waals surface area contributed by atoms with Gasteiger partial charge in [-0.2, -0.15) is 0 Å². The number of esters is 2. The standard InChI is InChI=1S/C59H102O6/c1-4-7-10-12-14-16-18-20-22-24-26-28-30-32-37-48-62-50-47-55(63-49-38-33-31-29-27-25-23-21-19-17-15-13-11-8-5-2)52-64-59(61)51-54-45-46-57(56(54)43-34-9-6-3)65-58(60)44-39-42-53-40-35-36-41-53/h9,12,14-15,17-18,20-21,23,34,53-57H,4-8,10-11,13,16,19,22,24-33,35-52H2,1-3H3/b14-12-,17-15-,20-18-,23-21-,34-9-. The first-order valence-electron chi connectivity index (χ1n) is 27.9. The molecule has 0 N–H and O–H groups in total. The van der Waals surface area contributed by atoms with E-state index in [1.54, 1.807) is 0 Å². The van der Waals surface area contributed by atoms with Crippen LogP contribution in [0.1, 0.15) is 245 Å². The molecule has 2 aliphatic carbocycles. The molecule has 6 nitrogen and oxygen atoms in total. The largest absolute Gasteiger partial charge is 0.463 e. The average molecular weight is 907 g/mol. The first-order valence-corrected chi connectivity index (χ1v) is 27.9. The molecule has 6 heteroatoms. The van der Waals surface area contributed by atoms with Crippen molar-refractivity contribution in [2.24, 2.45) is 17.8 Å². The highest BCUT2D eigenvalue weighted by atomic mass is 16.6. The maximum atomic E-state index is 13.4. The molecule has 0 amide bonds. The number of hydrogen-bond acceptors (Lipinski definition) is 6. The van der Waals surface area contributed by atoms with Crippen molar-refractivity contribution < 1.29 is 28.5 Å². The summed E-state index contributed by atoms with van der Waals surface area (Å²) in [6.45, 7) is 8.97. The van der Waals surface area contributed by atoms with Crippen LogP contribution in [0.2, 0.25) is 0 Å². The molecule has 2 aliphatic rings. The number of carbonyl (C=O) groups is 2. The zero-order valence-electron chi connectivity index (χ0n) is 42.7. The van der Waals surface area contributed by atoms with Gasteiger partial charge in [-0.1, -0.05) is 178 Å².